The first-order valence-corrected chi connectivity index (χ1v) is 8.89. The lowest BCUT2D eigenvalue weighted by molar-refractivity contribution is 0.602. The number of thiazole rings is 1. The van der Waals surface area contributed by atoms with Crippen LogP contribution in [0.2, 0.25) is 0 Å². The van der Waals surface area contributed by atoms with Gasteiger partial charge in [0.15, 0.2) is 9.34 Å². The molecule has 9 heteroatoms. The van der Waals surface area contributed by atoms with Crippen LogP contribution in [0.15, 0.2) is 31.4 Å². The first kappa shape index (κ1) is 14.8. The average Bonchev–Trinajstić information content (AvgIpc) is 2.63. The number of rotatable bonds is 3. The average molecular weight is 427 g/mol. The highest BCUT2D eigenvalue weighted by Crippen LogP contribution is 2.31. The minimum Gasteiger partial charge on any atom is -0.375 e. The molecule has 19 heavy (non-hydrogen) atoms. The number of halogens is 2. The number of nitrogens with one attached hydrogen (secondary N) is 1. The predicted molar refractivity (Wildman–Crippen MR) is 83.9 cm³/mol. The number of aryl methyl sites for hydroxylation is 1. The molecule has 0 aliphatic rings. The number of hydrogen-bond donors (Lipinski definition) is 2. The molecule has 1 heterocycles. The second-order valence-electron chi connectivity index (χ2n) is 3.65. The molecule has 5 nitrogen and oxygen atoms in total. The Bertz CT molecular complexity index is 728. The van der Waals surface area contributed by atoms with Crippen molar-refractivity contribution in [2.45, 2.75) is 11.1 Å². The van der Waals surface area contributed by atoms with E-state index in [-0.39, 0.29) is 9.34 Å². The molecule has 0 amide bonds. The fourth-order valence-corrected chi connectivity index (χ4v) is 4.63. The smallest absolute Gasteiger partial charge is 0.273 e. The lowest BCUT2D eigenvalue weighted by atomic mass is 10.3. The number of nitrogens with two attached hydrogens (primary N) is 1. The van der Waals surface area contributed by atoms with E-state index in [1.165, 1.54) is 0 Å². The summed E-state index contributed by atoms with van der Waals surface area (Å²) in [6.07, 6.45) is 0. The van der Waals surface area contributed by atoms with Gasteiger partial charge in [-0.2, -0.15) is 0 Å². The molecule has 0 atom stereocenters. The summed E-state index contributed by atoms with van der Waals surface area (Å²) in [7, 11) is -3.69. The summed E-state index contributed by atoms with van der Waals surface area (Å²) in [5.74, 6) is 0. The SMILES string of the molecule is Cc1nc(N)sc1S(=O)(=O)Nc1cc(Br)ccc1Br. The highest BCUT2D eigenvalue weighted by molar-refractivity contribution is 9.11. The minimum atomic E-state index is -3.69. The van der Waals surface area contributed by atoms with E-state index in [2.05, 4.69) is 41.6 Å². The van der Waals surface area contributed by atoms with Crippen LogP contribution in [0, 0.1) is 6.92 Å². The molecule has 0 spiro atoms. The normalized spacial score (nSPS) is 11.5. The third kappa shape index (κ3) is 3.28. The van der Waals surface area contributed by atoms with E-state index in [9.17, 15) is 8.42 Å². The maximum Gasteiger partial charge on any atom is 0.273 e. The van der Waals surface area contributed by atoms with Crippen LogP contribution in [-0.4, -0.2) is 13.4 Å². The quantitative estimate of drug-likeness (QED) is 0.787. The largest absolute Gasteiger partial charge is 0.375 e. The summed E-state index contributed by atoms with van der Waals surface area (Å²) in [5, 5.41) is 0.228. The van der Waals surface area contributed by atoms with E-state index in [1.807, 2.05) is 0 Å². The van der Waals surface area contributed by atoms with Crippen molar-refractivity contribution in [1.29, 1.82) is 0 Å². The van der Waals surface area contributed by atoms with Crippen LogP contribution in [0.25, 0.3) is 0 Å². The van der Waals surface area contributed by atoms with Gasteiger partial charge in [-0.15, -0.1) is 0 Å². The number of anilines is 2. The van der Waals surface area contributed by atoms with Crippen molar-refractivity contribution < 1.29 is 8.42 Å². The second-order valence-corrected chi connectivity index (χ2v) is 8.33. The predicted octanol–water partition coefficient (Wildman–Crippen LogP) is 3.36. The number of aromatic nitrogens is 1. The zero-order chi connectivity index (χ0) is 14.2. The molecular formula is C10H9Br2N3O2S2. The van der Waals surface area contributed by atoms with Gasteiger partial charge in [0.1, 0.15) is 0 Å². The maximum absolute atomic E-state index is 12.3. The molecule has 1 aromatic heterocycles. The van der Waals surface area contributed by atoms with Crippen LogP contribution < -0.4 is 10.5 Å². The molecular weight excluding hydrogens is 418 g/mol. The molecule has 0 bridgehead atoms. The topological polar surface area (TPSA) is 85.1 Å². The Balaban J connectivity index is 2.42. The van der Waals surface area contributed by atoms with Crippen molar-refractivity contribution in [3.8, 4) is 0 Å². The Kier molecular flexibility index (Phi) is 4.19. The Morgan fingerprint density at radius 3 is 2.63 bits per heavy atom. The molecule has 102 valence electrons. The van der Waals surface area contributed by atoms with Crippen LogP contribution in [0.3, 0.4) is 0 Å². The highest BCUT2D eigenvalue weighted by Gasteiger charge is 2.22. The lowest BCUT2D eigenvalue weighted by Gasteiger charge is -2.09. The molecule has 0 saturated carbocycles. The van der Waals surface area contributed by atoms with Gasteiger partial charge in [-0.3, -0.25) is 4.72 Å². The van der Waals surface area contributed by atoms with Gasteiger partial charge in [-0.05, 0) is 41.1 Å². The molecule has 0 fully saturated rings. The summed E-state index contributed by atoms with van der Waals surface area (Å²) in [6, 6.07) is 5.22. The second kappa shape index (κ2) is 5.39. The van der Waals surface area contributed by atoms with Crippen LogP contribution in [-0.2, 0) is 10.0 Å². The molecule has 0 aliphatic heterocycles. The Morgan fingerprint density at radius 2 is 2.05 bits per heavy atom. The van der Waals surface area contributed by atoms with E-state index >= 15 is 0 Å². The molecule has 0 aliphatic carbocycles. The Labute approximate surface area is 131 Å². The van der Waals surface area contributed by atoms with E-state index < -0.39 is 10.0 Å². The third-order valence-corrected chi connectivity index (χ3v) is 6.33. The summed E-state index contributed by atoms with van der Waals surface area (Å²) in [5.41, 5.74) is 6.36. The first-order valence-electron chi connectivity index (χ1n) is 5.00. The molecule has 2 aromatic rings. The minimum absolute atomic E-state index is 0.122. The van der Waals surface area contributed by atoms with Crippen molar-refractivity contribution in [2.24, 2.45) is 0 Å². The van der Waals surface area contributed by atoms with E-state index in [4.69, 9.17) is 5.73 Å². The van der Waals surface area contributed by atoms with Gasteiger partial charge in [0.25, 0.3) is 10.0 Å². The zero-order valence-corrected chi connectivity index (χ0v) is 14.5. The number of nitrogens with zero attached hydrogens (tertiary/aromatic N) is 1. The van der Waals surface area contributed by atoms with Crippen molar-refractivity contribution in [3.05, 3.63) is 32.8 Å². The van der Waals surface area contributed by atoms with Gasteiger partial charge in [0.05, 0.1) is 11.4 Å². The van der Waals surface area contributed by atoms with E-state index in [0.29, 0.717) is 15.9 Å². The fourth-order valence-electron chi connectivity index (χ4n) is 1.42. The summed E-state index contributed by atoms with van der Waals surface area (Å²) in [6.45, 7) is 1.61. The highest BCUT2D eigenvalue weighted by atomic mass is 79.9. The van der Waals surface area contributed by atoms with E-state index in [0.717, 1.165) is 15.8 Å². The van der Waals surface area contributed by atoms with Gasteiger partial charge in [-0.25, -0.2) is 13.4 Å². The Morgan fingerprint density at radius 1 is 1.37 bits per heavy atom. The van der Waals surface area contributed by atoms with Gasteiger partial charge < -0.3 is 5.73 Å². The maximum atomic E-state index is 12.3. The van der Waals surface area contributed by atoms with Crippen LogP contribution in [0.1, 0.15) is 5.69 Å². The number of hydrogen-bond acceptors (Lipinski definition) is 5. The third-order valence-electron chi connectivity index (χ3n) is 2.19. The Hall–Kier alpha value is -0.640. The summed E-state index contributed by atoms with van der Waals surface area (Å²) in [4.78, 5) is 3.92. The van der Waals surface area contributed by atoms with Crippen molar-refractivity contribution in [3.63, 3.8) is 0 Å². The molecule has 3 N–H and O–H groups in total. The van der Waals surface area contributed by atoms with Crippen LogP contribution in [0.4, 0.5) is 10.8 Å². The molecule has 0 saturated heterocycles. The fraction of sp³-hybridized carbons (Fsp3) is 0.100. The van der Waals surface area contributed by atoms with Gasteiger partial charge in [-0.1, -0.05) is 27.3 Å². The zero-order valence-electron chi connectivity index (χ0n) is 9.65. The van der Waals surface area contributed by atoms with Crippen molar-refractivity contribution in [1.82, 2.24) is 4.98 Å². The molecule has 2 rings (SSSR count). The summed E-state index contributed by atoms with van der Waals surface area (Å²) < 4.78 is 28.6. The van der Waals surface area contributed by atoms with Crippen LogP contribution in [0.5, 0.6) is 0 Å². The molecule has 0 radical (unpaired) electrons. The van der Waals surface area contributed by atoms with Gasteiger partial charge in [0.2, 0.25) is 0 Å². The molecule has 1 aromatic carbocycles. The van der Waals surface area contributed by atoms with E-state index in [1.54, 1.807) is 25.1 Å². The summed E-state index contributed by atoms with van der Waals surface area (Å²) >= 11 is 7.53. The van der Waals surface area contributed by atoms with Crippen molar-refractivity contribution >= 4 is 64.0 Å². The number of nitrogen functional groups attached to an aromatic ring is 1. The number of benzene rings is 1. The monoisotopic (exact) mass is 425 g/mol. The van der Waals surface area contributed by atoms with Crippen LogP contribution >= 0.6 is 43.2 Å². The first-order chi connectivity index (χ1) is 8.79. The lowest BCUT2D eigenvalue weighted by Crippen LogP contribution is -2.13. The molecule has 0 unspecified atom stereocenters. The van der Waals surface area contributed by atoms with Crippen molar-refractivity contribution in [2.75, 3.05) is 10.5 Å². The number of sulfonamides is 1. The van der Waals surface area contributed by atoms with Gasteiger partial charge in [0, 0.05) is 8.95 Å². The van der Waals surface area contributed by atoms with Gasteiger partial charge >= 0.3 is 0 Å². The standard InChI is InChI=1S/C10H9Br2N3O2S2/c1-5-9(18-10(13)14-5)19(16,17)15-8-4-6(11)2-3-7(8)12/h2-4,15H,1H3,(H2,13,14).